The molecule has 2 aromatic heterocycles. The molecule has 0 radical (unpaired) electrons. The van der Waals surface area contributed by atoms with Gasteiger partial charge in [-0.05, 0) is 50.7 Å². The summed E-state index contributed by atoms with van der Waals surface area (Å²) in [5, 5.41) is 5.72. The molecule has 1 saturated heterocycles. The highest BCUT2D eigenvalue weighted by molar-refractivity contribution is 5.86. The Balaban J connectivity index is 1.74. The van der Waals surface area contributed by atoms with Crippen LogP contribution < -0.4 is 4.90 Å². The topological polar surface area (TPSA) is 37.2 Å². The molecule has 0 atom stereocenters. The van der Waals surface area contributed by atoms with E-state index in [2.05, 4.69) is 66.1 Å². The van der Waals surface area contributed by atoms with Gasteiger partial charge >= 0.3 is 0 Å². The summed E-state index contributed by atoms with van der Waals surface area (Å²) in [5.41, 5.74) is 5.67. The van der Waals surface area contributed by atoms with Crippen LogP contribution in [0.2, 0.25) is 0 Å². The number of rotatable bonds is 2. The molecule has 3 heterocycles. The normalized spacial score (nSPS) is 15.9. The fourth-order valence-electron chi connectivity index (χ4n) is 3.59. The predicted molar refractivity (Wildman–Crippen MR) is 103 cm³/mol. The van der Waals surface area contributed by atoms with Crippen molar-refractivity contribution < 1.29 is 0 Å². The average molecular weight is 335 g/mol. The van der Waals surface area contributed by atoms with Gasteiger partial charge in [0.1, 0.15) is 5.82 Å². The van der Waals surface area contributed by atoms with Gasteiger partial charge in [0.15, 0.2) is 0 Å². The monoisotopic (exact) mass is 335 g/mol. The van der Waals surface area contributed by atoms with Gasteiger partial charge in [-0.15, -0.1) is 0 Å². The van der Waals surface area contributed by atoms with E-state index in [0.29, 0.717) is 0 Å². The third-order valence-electron chi connectivity index (χ3n) is 5.11. The molecule has 0 bridgehead atoms. The number of fused-ring (bicyclic) bond motifs is 1. The number of piperazine rings is 1. The van der Waals surface area contributed by atoms with Crippen LogP contribution in [0.3, 0.4) is 0 Å². The fraction of sp³-hybridized carbons (Fsp3) is 0.400. The van der Waals surface area contributed by atoms with Crippen molar-refractivity contribution in [2.45, 2.75) is 13.8 Å². The number of nitrogens with zero attached hydrogens (tertiary/aromatic N) is 5. The highest BCUT2D eigenvalue weighted by Crippen LogP contribution is 2.27. The van der Waals surface area contributed by atoms with E-state index >= 15 is 0 Å². The van der Waals surface area contributed by atoms with Crippen LogP contribution in [0.5, 0.6) is 0 Å². The first-order valence-electron chi connectivity index (χ1n) is 8.87. The maximum Gasteiger partial charge on any atom is 0.129 e. The molecular weight excluding hydrogens is 310 g/mol. The summed E-state index contributed by atoms with van der Waals surface area (Å²) in [6, 6.07) is 10.9. The van der Waals surface area contributed by atoms with Crippen LogP contribution in [-0.2, 0) is 7.05 Å². The SMILES string of the molecule is Cc1cc(-c2ccc3c(c2)c(C)nn3C)nc(N2CCN(C)CC2)c1. The molecule has 3 aromatic rings. The Bertz CT molecular complexity index is 919. The molecule has 0 saturated carbocycles. The molecule has 5 heteroatoms. The number of hydrogen-bond acceptors (Lipinski definition) is 4. The minimum absolute atomic E-state index is 1.03. The van der Waals surface area contributed by atoms with Crippen molar-refractivity contribution in [1.29, 1.82) is 0 Å². The summed E-state index contributed by atoms with van der Waals surface area (Å²) in [6.45, 7) is 8.46. The van der Waals surface area contributed by atoms with E-state index in [1.54, 1.807) is 0 Å². The predicted octanol–water partition coefficient (Wildman–Crippen LogP) is 3.00. The van der Waals surface area contributed by atoms with Gasteiger partial charge in [-0.1, -0.05) is 6.07 Å². The Labute approximate surface area is 148 Å². The number of hydrogen-bond donors (Lipinski definition) is 0. The Hall–Kier alpha value is -2.40. The smallest absolute Gasteiger partial charge is 0.129 e. The molecule has 1 aliphatic rings. The zero-order chi connectivity index (χ0) is 17.6. The van der Waals surface area contributed by atoms with Crippen LogP contribution in [-0.4, -0.2) is 52.9 Å². The Kier molecular flexibility index (Phi) is 3.96. The number of aryl methyl sites for hydroxylation is 3. The molecular formula is C20H25N5. The summed E-state index contributed by atoms with van der Waals surface area (Å²) in [6.07, 6.45) is 0. The van der Waals surface area contributed by atoms with Crippen molar-refractivity contribution in [3.8, 4) is 11.3 Å². The minimum Gasteiger partial charge on any atom is -0.354 e. The molecule has 4 rings (SSSR count). The second-order valence-electron chi connectivity index (χ2n) is 7.12. The molecule has 130 valence electrons. The first-order valence-corrected chi connectivity index (χ1v) is 8.87. The lowest BCUT2D eigenvalue weighted by Crippen LogP contribution is -2.44. The van der Waals surface area contributed by atoms with Crippen LogP contribution >= 0.6 is 0 Å². The van der Waals surface area contributed by atoms with Crippen LogP contribution in [0.25, 0.3) is 22.2 Å². The summed E-state index contributed by atoms with van der Waals surface area (Å²) < 4.78 is 1.94. The van der Waals surface area contributed by atoms with Crippen molar-refractivity contribution >= 4 is 16.7 Å². The first kappa shape index (κ1) is 16.1. The van der Waals surface area contributed by atoms with E-state index in [4.69, 9.17) is 4.98 Å². The van der Waals surface area contributed by atoms with E-state index in [-0.39, 0.29) is 0 Å². The van der Waals surface area contributed by atoms with Crippen molar-refractivity contribution in [2.24, 2.45) is 7.05 Å². The summed E-state index contributed by atoms with van der Waals surface area (Å²) in [7, 11) is 4.17. The van der Waals surface area contributed by atoms with E-state index in [0.717, 1.165) is 54.5 Å². The standard InChI is InChI=1S/C20H25N5/c1-14-11-18(21-20(12-14)25-9-7-23(3)8-10-25)16-5-6-19-17(13-16)15(2)22-24(19)4/h5-6,11-13H,7-10H2,1-4H3. The van der Waals surface area contributed by atoms with E-state index in [1.807, 2.05) is 11.7 Å². The molecule has 0 spiro atoms. The van der Waals surface area contributed by atoms with E-state index in [9.17, 15) is 0 Å². The van der Waals surface area contributed by atoms with Crippen molar-refractivity contribution in [2.75, 3.05) is 38.1 Å². The molecule has 0 unspecified atom stereocenters. The number of anilines is 1. The fourth-order valence-corrected chi connectivity index (χ4v) is 3.59. The van der Waals surface area contributed by atoms with Crippen molar-refractivity contribution in [3.05, 3.63) is 41.6 Å². The number of aromatic nitrogens is 3. The summed E-state index contributed by atoms with van der Waals surface area (Å²) in [4.78, 5) is 9.74. The molecule has 1 aliphatic heterocycles. The second-order valence-corrected chi connectivity index (χ2v) is 7.12. The van der Waals surface area contributed by atoms with E-state index < -0.39 is 0 Å². The first-order chi connectivity index (χ1) is 12.0. The van der Waals surface area contributed by atoms with Crippen LogP contribution in [0.15, 0.2) is 30.3 Å². The Morgan fingerprint density at radius 3 is 2.44 bits per heavy atom. The lowest BCUT2D eigenvalue weighted by Gasteiger charge is -2.33. The van der Waals surface area contributed by atoms with Gasteiger partial charge < -0.3 is 9.80 Å². The Morgan fingerprint density at radius 2 is 1.68 bits per heavy atom. The van der Waals surface area contributed by atoms with Crippen LogP contribution in [0, 0.1) is 13.8 Å². The molecule has 0 amide bonds. The second kappa shape index (κ2) is 6.15. The Morgan fingerprint density at radius 1 is 0.920 bits per heavy atom. The lowest BCUT2D eigenvalue weighted by atomic mass is 10.1. The third kappa shape index (κ3) is 3.00. The maximum atomic E-state index is 4.98. The van der Waals surface area contributed by atoms with Crippen molar-refractivity contribution in [3.63, 3.8) is 0 Å². The van der Waals surface area contributed by atoms with Gasteiger partial charge in [0.05, 0.1) is 16.9 Å². The molecule has 0 aliphatic carbocycles. The third-order valence-corrected chi connectivity index (χ3v) is 5.11. The molecule has 0 N–H and O–H groups in total. The van der Waals surface area contributed by atoms with Gasteiger partial charge in [0, 0.05) is 44.2 Å². The quantitative estimate of drug-likeness (QED) is 0.721. The highest BCUT2D eigenvalue weighted by Gasteiger charge is 2.17. The van der Waals surface area contributed by atoms with Gasteiger partial charge in [-0.25, -0.2) is 4.98 Å². The van der Waals surface area contributed by atoms with Crippen LogP contribution in [0.1, 0.15) is 11.3 Å². The van der Waals surface area contributed by atoms with Gasteiger partial charge in [-0.3, -0.25) is 4.68 Å². The minimum atomic E-state index is 1.03. The zero-order valence-corrected chi connectivity index (χ0v) is 15.5. The molecule has 25 heavy (non-hydrogen) atoms. The van der Waals surface area contributed by atoms with E-state index in [1.165, 1.54) is 10.9 Å². The summed E-state index contributed by atoms with van der Waals surface area (Å²) >= 11 is 0. The highest BCUT2D eigenvalue weighted by atomic mass is 15.3. The average Bonchev–Trinajstić information content (AvgIpc) is 2.89. The van der Waals surface area contributed by atoms with Gasteiger partial charge in [0.2, 0.25) is 0 Å². The summed E-state index contributed by atoms with van der Waals surface area (Å²) in [5.74, 6) is 1.09. The van der Waals surface area contributed by atoms with Gasteiger partial charge in [0.25, 0.3) is 0 Å². The number of pyridine rings is 1. The molecule has 1 fully saturated rings. The maximum absolute atomic E-state index is 4.98. The van der Waals surface area contributed by atoms with Gasteiger partial charge in [-0.2, -0.15) is 5.10 Å². The zero-order valence-electron chi connectivity index (χ0n) is 15.5. The lowest BCUT2D eigenvalue weighted by molar-refractivity contribution is 0.312. The van der Waals surface area contributed by atoms with Crippen LogP contribution in [0.4, 0.5) is 5.82 Å². The van der Waals surface area contributed by atoms with Crippen molar-refractivity contribution in [1.82, 2.24) is 19.7 Å². The molecule has 1 aromatic carbocycles. The largest absolute Gasteiger partial charge is 0.354 e. The molecule has 5 nitrogen and oxygen atoms in total. The number of benzene rings is 1. The number of likely N-dealkylation sites (N-methyl/N-ethyl adjacent to an activating group) is 1.